The number of thioether (sulfide) groups is 1. The molecule has 5 nitrogen and oxygen atoms in total. The molecular formula is C30H36N2O3S. The molecule has 6 heteroatoms. The van der Waals surface area contributed by atoms with Crippen LogP contribution in [0.1, 0.15) is 37.8 Å². The van der Waals surface area contributed by atoms with E-state index in [-0.39, 0.29) is 17.9 Å². The fraction of sp³-hybridized carbons (Fsp3) is 0.333. The van der Waals surface area contributed by atoms with Gasteiger partial charge in [-0.1, -0.05) is 67.6 Å². The Morgan fingerprint density at radius 1 is 0.944 bits per heavy atom. The van der Waals surface area contributed by atoms with Gasteiger partial charge in [-0.25, -0.2) is 0 Å². The van der Waals surface area contributed by atoms with Gasteiger partial charge in [0.2, 0.25) is 11.8 Å². The zero-order chi connectivity index (χ0) is 25.8. The number of amides is 2. The zero-order valence-electron chi connectivity index (χ0n) is 21.4. The molecule has 0 bridgehead atoms. The van der Waals surface area contributed by atoms with Gasteiger partial charge in [0.1, 0.15) is 11.8 Å². The van der Waals surface area contributed by atoms with Crippen molar-refractivity contribution >= 4 is 23.6 Å². The molecule has 2 atom stereocenters. The van der Waals surface area contributed by atoms with Crippen molar-refractivity contribution in [2.45, 2.75) is 56.6 Å². The van der Waals surface area contributed by atoms with Crippen molar-refractivity contribution in [2.75, 3.05) is 12.9 Å². The standard InChI is InChI=1S/C30H36N2O3S/c1-4-23(2)31-30(34)28(21-24-12-7-5-8-13-24)32(22-25-14-11-15-26(20-25)35-3)29(33)18-19-36-27-16-9-6-10-17-27/h5-17,20,23,28H,4,18-19,21-22H2,1-3H3,(H,31,34)/t23-,28+/m1/s1. The molecular weight excluding hydrogens is 468 g/mol. The van der Waals surface area contributed by atoms with Gasteiger partial charge >= 0.3 is 0 Å². The van der Waals surface area contributed by atoms with Crippen LogP contribution in [-0.2, 0) is 22.6 Å². The highest BCUT2D eigenvalue weighted by atomic mass is 32.2. The van der Waals surface area contributed by atoms with E-state index in [1.807, 2.05) is 98.8 Å². The number of hydrogen-bond donors (Lipinski definition) is 1. The first-order valence-electron chi connectivity index (χ1n) is 12.4. The fourth-order valence-electron chi connectivity index (χ4n) is 3.88. The normalized spacial score (nSPS) is 12.4. The van der Waals surface area contributed by atoms with Gasteiger partial charge in [0, 0.05) is 36.1 Å². The molecule has 0 aromatic heterocycles. The Hall–Kier alpha value is -3.25. The van der Waals surface area contributed by atoms with E-state index >= 15 is 0 Å². The van der Waals surface area contributed by atoms with Crippen molar-refractivity contribution < 1.29 is 14.3 Å². The SMILES string of the molecule is CC[C@@H](C)NC(=O)[C@H](Cc1ccccc1)N(Cc1cccc(OC)c1)C(=O)CCSc1ccccc1. The van der Waals surface area contributed by atoms with E-state index in [0.29, 0.717) is 25.1 Å². The summed E-state index contributed by atoms with van der Waals surface area (Å²) in [5.74, 6) is 1.20. The molecule has 0 unspecified atom stereocenters. The lowest BCUT2D eigenvalue weighted by Crippen LogP contribution is -2.52. The van der Waals surface area contributed by atoms with Crippen LogP contribution >= 0.6 is 11.8 Å². The molecule has 2 amide bonds. The summed E-state index contributed by atoms with van der Waals surface area (Å²) in [6.07, 6.45) is 1.61. The lowest BCUT2D eigenvalue weighted by atomic mass is 10.0. The number of carbonyl (C=O) groups is 2. The van der Waals surface area contributed by atoms with E-state index in [4.69, 9.17) is 4.74 Å². The molecule has 0 spiro atoms. The lowest BCUT2D eigenvalue weighted by Gasteiger charge is -2.32. The Bertz CT molecular complexity index is 1090. The highest BCUT2D eigenvalue weighted by molar-refractivity contribution is 7.99. The summed E-state index contributed by atoms with van der Waals surface area (Å²) in [5, 5.41) is 3.11. The van der Waals surface area contributed by atoms with Crippen LogP contribution in [0.5, 0.6) is 5.75 Å². The third kappa shape index (κ3) is 8.45. The van der Waals surface area contributed by atoms with E-state index in [9.17, 15) is 9.59 Å². The molecule has 0 aliphatic rings. The summed E-state index contributed by atoms with van der Waals surface area (Å²) in [4.78, 5) is 30.1. The van der Waals surface area contributed by atoms with Crippen molar-refractivity contribution in [3.05, 3.63) is 96.1 Å². The first-order chi connectivity index (χ1) is 17.5. The van der Waals surface area contributed by atoms with E-state index in [2.05, 4.69) is 5.32 Å². The number of hydrogen-bond acceptors (Lipinski definition) is 4. The molecule has 1 N–H and O–H groups in total. The van der Waals surface area contributed by atoms with E-state index < -0.39 is 6.04 Å². The van der Waals surface area contributed by atoms with Crippen LogP contribution in [0.15, 0.2) is 89.8 Å². The fourth-order valence-corrected chi connectivity index (χ4v) is 4.74. The maximum Gasteiger partial charge on any atom is 0.243 e. The number of methoxy groups -OCH3 is 1. The van der Waals surface area contributed by atoms with Gasteiger partial charge in [0.05, 0.1) is 7.11 Å². The van der Waals surface area contributed by atoms with Crippen LogP contribution in [0, 0.1) is 0 Å². The molecule has 3 aromatic carbocycles. The molecule has 0 aliphatic carbocycles. The topological polar surface area (TPSA) is 58.6 Å². The Morgan fingerprint density at radius 2 is 1.61 bits per heavy atom. The third-order valence-corrected chi connectivity index (χ3v) is 7.10. The monoisotopic (exact) mass is 504 g/mol. The van der Waals surface area contributed by atoms with Crippen LogP contribution in [0.2, 0.25) is 0 Å². The van der Waals surface area contributed by atoms with Crippen LogP contribution in [0.25, 0.3) is 0 Å². The summed E-state index contributed by atoms with van der Waals surface area (Å²) in [7, 11) is 1.63. The first kappa shape index (κ1) is 27.3. The van der Waals surface area contributed by atoms with Crippen LogP contribution in [0.3, 0.4) is 0 Å². The molecule has 0 aliphatic heterocycles. The first-order valence-corrected chi connectivity index (χ1v) is 13.4. The van der Waals surface area contributed by atoms with Crippen LogP contribution in [0.4, 0.5) is 0 Å². The molecule has 190 valence electrons. The summed E-state index contributed by atoms with van der Waals surface area (Å²) in [6, 6.07) is 27.0. The number of nitrogens with zero attached hydrogens (tertiary/aromatic N) is 1. The molecule has 0 saturated carbocycles. The van der Waals surface area contributed by atoms with E-state index in [1.54, 1.807) is 23.8 Å². The second-order valence-corrected chi connectivity index (χ2v) is 9.98. The maximum atomic E-state index is 13.7. The smallest absolute Gasteiger partial charge is 0.243 e. The quantitative estimate of drug-likeness (QED) is 0.302. The molecule has 0 saturated heterocycles. The summed E-state index contributed by atoms with van der Waals surface area (Å²) in [5.41, 5.74) is 1.94. The zero-order valence-corrected chi connectivity index (χ0v) is 22.2. The number of nitrogens with one attached hydrogen (secondary N) is 1. The van der Waals surface area contributed by atoms with Gasteiger partial charge in [-0.2, -0.15) is 0 Å². The third-order valence-electron chi connectivity index (χ3n) is 6.09. The molecule has 0 fully saturated rings. The molecule has 36 heavy (non-hydrogen) atoms. The summed E-state index contributed by atoms with van der Waals surface area (Å²) < 4.78 is 5.40. The summed E-state index contributed by atoms with van der Waals surface area (Å²) >= 11 is 1.65. The second-order valence-electron chi connectivity index (χ2n) is 8.81. The van der Waals surface area contributed by atoms with Crippen molar-refractivity contribution in [2.24, 2.45) is 0 Å². The minimum Gasteiger partial charge on any atom is -0.497 e. The minimum atomic E-state index is -0.623. The minimum absolute atomic E-state index is 0.0261. The van der Waals surface area contributed by atoms with Gasteiger partial charge in [0.25, 0.3) is 0 Å². The van der Waals surface area contributed by atoms with Crippen molar-refractivity contribution in [1.82, 2.24) is 10.2 Å². The van der Waals surface area contributed by atoms with E-state index in [1.165, 1.54) is 0 Å². The van der Waals surface area contributed by atoms with Gasteiger partial charge in [0.15, 0.2) is 0 Å². The number of rotatable bonds is 13. The predicted octanol–water partition coefficient (Wildman–Crippen LogP) is 5.73. The largest absolute Gasteiger partial charge is 0.497 e. The number of carbonyl (C=O) groups excluding carboxylic acids is 2. The van der Waals surface area contributed by atoms with Gasteiger partial charge in [-0.05, 0) is 48.7 Å². The van der Waals surface area contributed by atoms with Crippen LogP contribution < -0.4 is 10.1 Å². The Labute approximate surface area is 219 Å². The average molecular weight is 505 g/mol. The molecule has 0 heterocycles. The lowest BCUT2D eigenvalue weighted by molar-refractivity contribution is -0.141. The highest BCUT2D eigenvalue weighted by Crippen LogP contribution is 2.22. The Kier molecular flexibility index (Phi) is 10.9. The van der Waals surface area contributed by atoms with Crippen LogP contribution in [-0.4, -0.2) is 41.7 Å². The predicted molar refractivity (Wildman–Crippen MR) is 147 cm³/mol. The Balaban J connectivity index is 1.87. The maximum absolute atomic E-state index is 13.7. The van der Waals surface area contributed by atoms with E-state index in [0.717, 1.165) is 28.2 Å². The second kappa shape index (κ2) is 14.3. The van der Waals surface area contributed by atoms with Gasteiger partial charge in [-0.15, -0.1) is 11.8 Å². The highest BCUT2D eigenvalue weighted by Gasteiger charge is 2.30. The molecule has 3 aromatic rings. The van der Waals surface area contributed by atoms with Crippen molar-refractivity contribution in [3.63, 3.8) is 0 Å². The average Bonchev–Trinajstić information content (AvgIpc) is 2.91. The summed E-state index contributed by atoms with van der Waals surface area (Å²) in [6.45, 7) is 4.36. The Morgan fingerprint density at radius 3 is 2.28 bits per heavy atom. The number of benzene rings is 3. The molecule has 0 radical (unpaired) electrons. The molecule has 3 rings (SSSR count). The van der Waals surface area contributed by atoms with Crippen molar-refractivity contribution in [1.29, 1.82) is 0 Å². The van der Waals surface area contributed by atoms with Gasteiger partial charge in [-0.3, -0.25) is 9.59 Å². The van der Waals surface area contributed by atoms with Crippen molar-refractivity contribution in [3.8, 4) is 5.75 Å². The van der Waals surface area contributed by atoms with Gasteiger partial charge < -0.3 is 15.0 Å². The number of ether oxygens (including phenoxy) is 1.